The van der Waals surface area contributed by atoms with Crippen LogP contribution in [0.15, 0.2) is 24.3 Å². The summed E-state index contributed by atoms with van der Waals surface area (Å²) in [5, 5.41) is 8.82. The van der Waals surface area contributed by atoms with Crippen molar-refractivity contribution in [3.05, 3.63) is 29.8 Å². The maximum Gasteiger partial charge on any atom is 0.120 e. The molecule has 0 fully saturated rings. The maximum absolute atomic E-state index is 8.82. The third-order valence-corrected chi connectivity index (χ3v) is 3.59. The summed E-state index contributed by atoms with van der Waals surface area (Å²) in [5.74, 6) is 0.760. The van der Waals surface area contributed by atoms with E-state index in [9.17, 15) is 0 Å². The Morgan fingerprint density at radius 1 is 1.37 bits per heavy atom. The lowest BCUT2D eigenvalue weighted by atomic mass is 9.87. The van der Waals surface area contributed by atoms with Crippen LogP contribution in [0, 0.1) is 16.7 Å². The summed E-state index contributed by atoms with van der Waals surface area (Å²) in [4.78, 5) is 2.30. The number of likely N-dealkylation sites (N-methyl/N-ethyl adjacent to an activating group) is 1. The fraction of sp³-hybridized carbons (Fsp3) is 0.562. The fourth-order valence-corrected chi connectivity index (χ4v) is 1.82. The maximum atomic E-state index is 8.82. The zero-order valence-electron chi connectivity index (χ0n) is 12.6. The first-order chi connectivity index (χ1) is 8.84. The van der Waals surface area contributed by atoms with Crippen LogP contribution in [0.4, 0.5) is 0 Å². The first-order valence-corrected chi connectivity index (χ1v) is 6.68. The molecule has 0 spiro atoms. The Labute approximate surface area is 116 Å². The summed E-state index contributed by atoms with van der Waals surface area (Å²) in [5.41, 5.74) is 0.893. The van der Waals surface area contributed by atoms with E-state index in [0.29, 0.717) is 18.2 Å². The molecule has 1 aromatic carbocycles. The number of rotatable bonds is 5. The number of benzene rings is 1. The van der Waals surface area contributed by atoms with Gasteiger partial charge < -0.3 is 4.74 Å². The molecule has 3 heteroatoms. The summed E-state index contributed by atoms with van der Waals surface area (Å²) < 4.78 is 5.69. The van der Waals surface area contributed by atoms with Crippen molar-refractivity contribution in [2.75, 3.05) is 20.2 Å². The van der Waals surface area contributed by atoms with Gasteiger partial charge in [-0.2, -0.15) is 5.26 Å². The van der Waals surface area contributed by atoms with Crippen LogP contribution in [0.25, 0.3) is 0 Å². The molecule has 0 aliphatic heterocycles. The van der Waals surface area contributed by atoms with Gasteiger partial charge in [-0.15, -0.1) is 0 Å². The molecule has 3 nitrogen and oxygen atoms in total. The normalized spacial score (nSPS) is 13.1. The molecule has 1 aromatic rings. The number of nitrogens with zero attached hydrogens (tertiary/aromatic N) is 2. The Hall–Kier alpha value is -1.53. The van der Waals surface area contributed by atoms with Crippen molar-refractivity contribution in [3.63, 3.8) is 0 Å². The van der Waals surface area contributed by atoms with E-state index < -0.39 is 0 Å². The van der Waals surface area contributed by atoms with Crippen LogP contribution < -0.4 is 4.74 Å². The van der Waals surface area contributed by atoms with Gasteiger partial charge in [0.25, 0.3) is 0 Å². The molecule has 0 aromatic heterocycles. The lowest BCUT2D eigenvalue weighted by Crippen LogP contribution is -2.41. The van der Waals surface area contributed by atoms with Crippen molar-refractivity contribution >= 4 is 0 Å². The largest absolute Gasteiger partial charge is 0.492 e. The molecule has 0 aliphatic rings. The molecular weight excluding hydrogens is 236 g/mol. The highest BCUT2D eigenvalue weighted by atomic mass is 16.5. The second-order valence-corrected chi connectivity index (χ2v) is 6.01. The summed E-state index contributed by atoms with van der Waals surface area (Å²) in [6.45, 7) is 10.5. The fourth-order valence-electron chi connectivity index (χ4n) is 1.82. The predicted molar refractivity (Wildman–Crippen MR) is 78.2 cm³/mol. The van der Waals surface area contributed by atoms with Crippen molar-refractivity contribution in [1.82, 2.24) is 4.90 Å². The van der Waals surface area contributed by atoms with Gasteiger partial charge in [0.1, 0.15) is 12.4 Å². The first kappa shape index (κ1) is 15.5. The summed E-state index contributed by atoms with van der Waals surface area (Å²) in [6, 6.07) is 9.88. The standard InChI is InChI=1S/C16H24N2O/c1-13(16(2,3)4)18(5)9-10-19-15-8-6-7-14(11-15)12-17/h6-8,11,13H,9-10H2,1-5H3. The third-order valence-electron chi connectivity index (χ3n) is 3.59. The van der Waals surface area contributed by atoms with E-state index in [0.717, 1.165) is 12.3 Å². The minimum Gasteiger partial charge on any atom is -0.492 e. The SMILES string of the molecule is CC(N(C)CCOc1cccc(C#N)c1)C(C)(C)C. The predicted octanol–water partition coefficient (Wildman–Crippen LogP) is 3.30. The quantitative estimate of drug-likeness (QED) is 0.815. The second-order valence-electron chi connectivity index (χ2n) is 6.01. The van der Waals surface area contributed by atoms with E-state index >= 15 is 0 Å². The summed E-state index contributed by atoms with van der Waals surface area (Å²) in [7, 11) is 2.12. The molecule has 0 heterocycles. The zero-order valence-corrected chi connectivity index (χ0v) is 12.6. The van der Waals surface area contributed by atoms with Gasteiger partial charge in [-0.25, -0.2) is 0 Å². The smallest absolute Gasteiger partial charge is 0.120 e. The van der Waals surface area contributed by atoms with Gasteiger partial charge in [-0.3, -0.25) is 4.90 Å². The van der Waals surface area contributed by atoms with Crippen LogP contribution in [0.2, 0.25) is 0 Å². The van der Waals surface area contributed by atoms with Crippen LogP contribution in [0.5, 0.6) is 5.75 Å². The van der Waals surface area contributed by atoms with Crippen molar-refractivity contribution in [1.29, 1.82) is 5.26 Å². The summed E-state index contributed by atoms with van der Waals surface area (Å²) >= 11 is 0. The minimum absolute atomic E-state index is 0.259. The van der Waals surface area contributed by atoms with Crippen LogP contribution in [-0.2, 0) is 0 Å². The first-order valence-electron chi connectivity index (χ1n) is 6.68. The van der Waals surface area contributed by atoms with Crippen LogP contribution in [-0.4, -0.2) is 31.1 Å². The Balaban J connectivity index is 2.44. The number of hydrogen-bond acceptors (Lipinski definition) is 3. The lowest BCUT2D eigenvalue weighted by Gasteiger charge is -2.35. The Morgan fingerprint density at radius 3 is 2.63 bits per heavy atom. The minimum atomic E-state index is 0.259. The van der Waals surface area contributed by atoms with E-state index in [1.807, 2.05) is 12.1 Å². The molecule has 19 heavy (non-hydrogen) atoms. The summed E-state index contributed by atoms with van der Waals surface area (Å²) in [6.07, 6.45) is 0. The van der Waals surface area contributed by atoms with E-state index in [4.69, 9.17) is 10.00 Å². The lowest BCUT2D eigenvalue weighted by molar-refractivity contribution is 0.121. The van der Waals surface area contributed by atoms with Gasteiger partial charge in [-0.05, 0) is 37.6 Å². The molecule has 1 unspecified atom stereocenters. The van der Waals surface area contributed by atoms with Gasteiger partial charge in [0.2, 0.25) is 0 Å². The van der Waals surface area contributed by atoms with Gasteiger partial charge in [0, 0.05) is 12.6 Å². The van der Waals surface area contributed by atoms with E-state index in [1.165, 1.54) is 0 Å². The van der Waals surface area contributed by atoms with Gasteiger partial charge in [0.05, 0.1) is 11.6 Å². The van der Waals surface area contributed by atoms with Crippen molar-refractivity contribution < 1.29 is 4.74 Å². The Bertz CT molecular complexity index is 443. The van der Waals surface area contributed by atoms with Gasteiger partial charge >= 0.3 is 0 Å². The molecule has 0 aliphatic carbocycles. The highest BCUT2D eigenvalue weighted by Gasteiger charge is 2.23. The number of hydrogen-bond donors (Lipinski definition) is 0. The number of ether oxygens (including phenoxy) is 1. The molecule has 0 N–H and O–H groups in total. The molecule has 0 bridgehead atoms. The molecule has 1 atom stereocenters. The molecule has 0 saturated heterocycles. The highest BCUT2D eigenvalue weighted by Crippen LogP contribution is 2.22. The number of nitriles is 1. The van der Waals surface area contributed by atoms with Crippen LogP contribution in [0.3, 0.4) is 0 Å². The van der Waals surface area contributed by atoms with Gasteiger partial charge in [0.15, 0.2) is 0 Å². The molecule has 1 rings (SSSR count). The van der Waals surface area contributed by atoms with Crippen LogP contribution in [0.1, 0.15) is 33.3 Å². The topological polar surface area (TPSA) is 36.3 Å². The molecule has 0 amide bonds. The Morgan fingerprint density at radius 2 is 2.05 bits per heavy atom. The van der Waals surface area contributed by atoms with E-state index in [2.05, 4.69) is 45.7 Å². The van der Waals surface area contributed by atoms with Crippen molar-refractivity contribution in [2.45, 2.75) is 33.7 Å². The molecular formula is C16H24N2O. The average molecular weight is 260 g/mol. The second kappa shape index (κ2) is 6.58. The molecule has 0 radical (unpaired) electrons. The van der Waals surface area contributed by atoms with E-state index in [1.54, 1.807) is 12.1 Å². The van der Waals surface area contributed by atoms with Crippen LogP contribution >= 0.6 is 0 Å². The Kier molecular flexibility index (Phi) is 5.38. The average Bonchev–Trinajstić information content (AvgIpc) is 2.37. The van der Waals surface area contributed by atoms with Crippen molar-refractivity contribution in [3.8, 4) is 11.8 Å². The molecule has 104 valence electrons. The third kappa shape index (κ3) is 4.92. The highest BCUT2D eigenvalue weighted by molar-refractivity contribution is 5.36. The van der Waals surface area contributed by atoms with Crippen molar-refractivity contribution in [2.24, 2.45) is 5.41 Å². The monoisotopic (exact) mass is 260 g/mol. The molecule has 0 saturated carbocycles. The van der Waals surface area contributed by atoms with E-state index in [-0.39, 0.29) is 5.41 Å². The van der Waals surface area contributed by atoms with Gasteiger partial charge in [-0.1, -0.05) is 26.8 Å². The zero-order chi connectivity index (χ0) is 14.5.